The third kappa shape index (κ3) is 7.44. The molecule has 0 fully saturated rings. The van der Waals surface area contributed by atoms with Gasteiger partial charge >= 0.3 is 0 Å². The van der Waals surface area contributed by atoms with Gasteiger partial charge in [0.05, 0.1) is 43.8 Å². The van der Waals surface area contributed by atoms with Crippen LogP contribution in [-0.4, -0.2) is 59.7 Å². The standard InChI is InChI=1S/C33H35FN6O5S2/c1-21-35-15-16-39(21)24-13-9-23(10-14-24)37-31(41)20-46-32-36-19-30(40(32)25-11-7-22(34)8-12-25)33(2,3)26-17-28(44-4)29(45-5)18-27(26)38-47(6,42)43/h7-19,38H,20H2,1-6H3,(H,37,41). The number of rotatable bonds is 12. The molecule has 0 unspecified atom stereocenters. The van der Waals surface area contributed by atoms with E-state index in [1.807, 2.05) is 60.4 Å². The molecule has 11 nitrogen and oxygen atoms in total. The predicted octanol–water partition coefficient (Wildman–Crippen LogP) is 5.95. The first kappa shape index (κ1) is 33.5. The fraction of sp³-hybridized carbons (Fsp3) is 0.242. The van der Waals surface area contributed by atoms with E-state index < -0.39 is 21.3 Å². The van der Waals surface area contributed by atoms with Crippen molar-refractivity contribution >= 4 is 39.1 Å². The number of sulfonamides is 1. The number of thioether (sulfide) groups is 1. The molecule has 0 spiro atoms. The minimum Gasteiger partial charge on any atom is -0.493 e. The number of methoxy groups -OCH3 is 2. The lowest BCUT2D eigenvalue weighted by Gasteiger charge is -2.30. The number of nitrogens with one attached hydrogen (secondary N) is 2. The third-order valence-electron chi connectivity index (χ3n) is 7.53. The molecule has 2 heterocycles. The van der Waals surface area contributed by atoms with Gasteiger partial charge in [-0.2, -0.15) is 0 Å². The molecular weight excluding hydrogens is 644 g/mol. The van der Waals surface area contributed by atoms with Crippen LogP contribution in [0.3, 0.4) is 0 Å². The van der Waals surface area contributed by atoms with E-state index in [2.05, 4.69) is 20.0 Å². The second-order valence-corrected chi connectivity index (χ2v) is 13.9. The molecule has 0 saturated heterocycles. The summed E-state index contributed by atoms with van der Waals surface area (Å²) < 4.78 is 56.1. The van der Waals surface area contributed by atoms with E-state index in [0.29, 0.717) is 45.0 Å². The van der Waals surface area contributed by atoms with E-state index in [-0.39, 0.29) is 11.7 Å². The van der Waals surface area contributed by atoms with E-state index in [4.69, 9.17) is 9.47 Å². The van der Waals surface area contributed by atoms with Crippen LogP contribution in [0.1, 0.15) is 30.9 Å². The van der Waals surface area contributed by atoms with Crippen LogP contribution < -0.4 is 19.5 Å². The molecule has 2 N–H and O–H groups in total. The SMILES string of the molecule is COc1cc(NS(C)(=O)=O)c(C(C)(C)c2cnc(SCC(=O)Nc3ccc(-n4ccnc4C)cc3)n2-c2ccc(F)cc2)cc1OC. The van der Waals surface area contributed by atoms with Gasteiger partial charge in [-0.25, -0.2) is 22.8 Å². The van der Waals surface area contributed by atoms with Gasteiger partial charge in [0.25, 0.3) is 0 Å². The molecule has 0 aliphatic rings. The van der Waals surface area contributed by atoms with Gasteiger partial charge in [-0.3, -0.25) is 14.1 Å². The summed E-state index contributed by atoms with van der Waals surface area (Å²) in [6, 6.07) is 16.6. The molecule has 0 aliphatic heterocycles. The summed E-state index contributed by atoms with van der Waals surface area (Å²) in [4.78, 5) is 22.0. The van der Waals surface area contributed by atoms with Crippen LogP contribution in [0.5, 0.6) is 11.5 Å². The van der Waals surface area contributed by atoms with Crippen molar-refractivity contribution in [1.29, 1.82) is 0 Å². The summed E-state index contributed by atoms with van der Waals surface area (Å²) >= 11 is 1.21. The van der Waals surface area contributed by atoms with Gasteiger partial charge in [-0.15, -0.1) is 0 Å². The number of hydrogen-bond acceptors (Lipinski definition) is 8. The summed E-state index contributed by atoms with van der Waals surface area (Å²) in [5.74, 6) is 0.998. The van der Waals surface area contributed by atoms with Crippen LogP contribution in [-0.2, 0) is 20.2 Å². The molecule has 0 bridgehead atoms. The lowest BCUT2D eigenvalue weighted by atomic mass is 9.80. The second kappa shape index (κ2) is 13.5. The number of anilines is 2. The molecule has 0 radical (unpaired) electrons. The number of ether oxygens (including phenoxy) is 2. The molecule has 14 heteroatoms. The van der Waals surface area contributed by atoms with Crippen molar-refractivity contribution in [2.24, 2.45) is 0 Å². The van der Waals surface area contributed by atoms with Gasteiger partial charge in [0, 0.05) is 40.9 Å². The maximum atomic E-state index is 14.0. The molecular formula is C33H35FN6O5S2. The van der Waals surface area contributed by atoms with E-state index in [9.17, 15) is 17.6 Å². The van der Waals surface area contributed by atoms with Gasteiger partial charge in [0.2, 0.25) is 15.9 Å². The second-order valence-electron chi connectivity index (χ2n) is 11.2. The molecule has 5 rings (SSSR count). The van der Waals surface area contributed by atoms with Crippen molar-refractivity contribution < 1.29 is 27.1 Å². The summed E-state index contributed by atoms with van der Waals surface area (Å²) in [7, 11) is -0.710. The minimum absolute atomic E-state index is 0.0394. The number of nitrogens with zero attached hydrogens (tertiary/aromatic N) is 4. The summed E-state index contributed by atoms with van der Waals surface area (Å²) in [6.45, 7) is 5.73. The number of imidazole rings is 2. The number of hydrogen-bond donors (Lipinski definition) is 2. The number of carbonyl (C=O) groups is 1. The van der Waals surface area contributed by atoms with Crippen LogP contribution in [0.2, 0.25) is 0 Å². The van der Waals surface area contributed by atoms with Crippen molar-refractivity contribution in [3.63, 3.8) is 0 Å². The first-order valence-corrected chi connectivity index (χ1v) is 17.3. The minimum atomic E-state index is -3.67. The zero-order valence-corrected chi connectivity index (χ0v) is 28.4. The number of amides is 1. The highest BCUT2D eigenvalue weighted by atomic mass is 32.2. The fourth-order valence-electron chi connectivity index (χ4n) is 5.22. The molecule has 5 aromatic rings. The maximum absolute atomic E-state index is 14.0. The Morgan fingerprint density at radius 1 is 0.979 bits per heavy atom. The summed E-state index contributed by atoms with van der Waals surface area (Å²) in [6.07, 6.45) is 6.33. The van der Waals surface area contributed by atoms with Crippen molar-refractivity contribution in [2.75, 3.05) is 36.3 Å². The van der Waals surface area contributed by atoms with Crippen LogP contribution in [0.25, 0.3) is 11.4 Å². The predicted molar refractivity (Wildman–Crippen MR) is 181 cm³/mol. The van der Waals surface area contributed by atoms with E-state index in [0.717, 1.165) is 17.8 Å². The highest BCUT2D eigenvalue weighted by molar-refractivity contribution is 7.99. The van der Waals surface area contributed by atoms with E-state index >= 15 is 0 Å². The van der Waals surface area contributed by atoms with Crippen molar-refractivity contribution in [1.82, 2.24) is 19.1 Å². The monoisotopic (exact) mass is 678 g/mol. The topological polar surface area (TPSA) is 129 Å². The zero-order valence-electron chi connectivity index (χ0n) is 26.7. The Kier molecular flexibility index (Phi) is 9.63. The average Bonchev–Trinajstić information content (AvgIpc) is 3.66. The zero-order chi connectivity index (χ0) is 33.9. The van der Waals surface area contributed by atoms with Gasteiger partial charge in [0.1, 0.15) is 11.6 Å². The summed E-state index contributed by atoms with van der Waals surface area (Å²) in [5, 5.41) is 3.40. The Bertz CT molecular complexity index is 2010. The van der Waals surface area contributed by atoms with Crippen molar-refractivity contribution in [3.05, 3.63) is 102 Å². The Labute approximate surface area is 277 Å². The van der Waals surface area contributed by atoms with Gasteiger partial charge in [-0.1, -0.05) is 25.6 Å². The first-order valence-electron chi connectivity index (χ1n) is 14.4. The summed E-state index contributed by atoms with van der Waals surface area (Å²) in [5.41, 5.74) is 2.80. The Balaban J connectivity index is 1.47. The van der Waals surface area contributed by atoms with Crippen molar-refractivity contribution in [2.45, 2.75) is 31.3 Å². The van der Waals surface area contributed by atoms with Gasteiger partial charge in [-0.05, 0) is 67.1 Å². The number of halogens is 1. The molecule has 2 aromatic heterocycles. The number of aromatic nitrogens is 4. The molecule has 1 amide bonds. The number of benzene rings is 3. The molecule has 0 aliphatic carbocycles. The Morgan fingerprint density at radius 3 is 2.21 bits per heavy atom. The Hall–Kier alpha value is -4.82. The Morgan fingerprint density at radius 2 is 1.62 bits per heavy atom. The smallest absolute Gasteiger partial charge is 0.234 e. The highest BCUT2D eigenvalue weighted by Crippen LogP contribution is 2.44. The van der Waals surface area contributed by atoms with Crippen LogP contribution in [0, 0.1) is 12.7 Å². The molecule has 0 atom stereocenters. The number of aryl methyl sites for hydroxylation is 1. The lowest BCUT2D eigenvalue weighted by Crippen LogP contribution is -2.26. The van der Waals surface area contributed by atoms with E-state index in [1.165, 1.54) is 38.1 Å². The highest BCUT2D eigenvalue weighted by Gasteiger charge is 2.33. The molecule has 0 saturated carbocycles. The first-order chi connectivity index (χ1) is 22.3. The lowest BCUT2D eigenvalue weighted by molar-refractivity contribution is -0.113. The maximum Gasteiger partial charge on any atom is 0.234 e. The van der Waals surface area contributed by atoms with Crippen LogP contribution >= 0.6 is 11.8 Å². The van der Waals surface area contributed by atoms with E-state index in [1.54, 1.807) is 36.7 Å². The van der Waals surface area contributed by atoms with Gasteiger partial charge < -0.3 is 19.4 Å². The fourth-order valence-corrected chi connectivity index (χ4v) is 6.58. The van der Waals surface area contributed by atoms with Crippen LogP contribution in [0.4, 0.5) is 15.8 Å². The normalized spacial score (nSPS) is 11.7. The third-order valence-corrected chi connectivity index (χ3v) is 9.08. The number of carbonyl (C=O) groups excluding carboxylic acids is 1. The average molecular weight is 679 g/mol. The molecule has 47 heavy (non-hydrogen) atoms. The molecule has 3 aromatic carbocycles. The quantitative estimate of drug-likeness (QED) is 0.155. The molecule has 246 valence electrons. The van der Waals surface area contributed by atoms with Gasteiger partial charge in [0.15, 0.2) is 16.7 Å². The van der Waals surface area contributed by atoms with Crippen molar-refractivity contribution in [3.8, 4) is 22.9 Å². The van der Waals surface area contributed by atoms with Crippen LogP contribution in [0.15, 0.2) is 84.4 Å². The largest absolute Gasteiger partial charge is 0.493 e.